The molecule has 0 bridgehead atoms. The molecule has 2 aromatic carbocycles. The third kappa shape index (κ3) is 5.76. The van der Waals surface area contributed by atoms with E-state index in [0.29, 0.717) is 6.54 Å². The first kappa shape index (κ1) is 22.6. The van der Waals surface area contributed by atoms with E-state index in [1.165, 1.54) is 9.80 Å². The van der Waals surface area contributed by atoms with Crippen LogP contribution in [0.15, 0.2) is 42.5 Å². The largest absolute Gasteiger partial charge is 0.495 e. The lowest BCUT2D eigenvalue weighted by molar-refractivity contribution is -0.892. The van der Waals surface area contributed by atoms with Crippen LogP contribution in [0.5, 0.6) is 5.75 Å². The average Bonchev–Trinajstić information content (AvgIpc) is 2.77. The molecule has 3 rings (SSSR count). The average molecular weight is 426 g/mol. The normalized spacial score (nSPS) is 14.3. The second kappa shape index (κ2) is 10.3. The molecule has 2 aromatic rings. The third-order valence-corrected chi connectivity index (χ3v) is 5.85. The highest BCUT2D eigenvalue weighted by molar-refractivity contribution is 5.95. The molecule has 0 aliphatic carbocycles. The number of aryl methyl sites for hydroxylation is 2. The third-order valence-electron chi connectivity index (χ3n) is 5.85. The van der Waals surface area contributed by atoms with Gasteiger partial charge in [-0.3, -0.25) is 9.59 Å². The van der Waals surface area contributed by atoms with Gasteiger partial charge in [-0.2, -0.15) is 0 Å². The van der Waals surface area contributed by atoms with Crippen molar-refractivity contribution >= 4 is 23.2 Å². The number of amides is 2. The maximum atomic E-state index is 12.7. The summed E-state index contributed by atoms with van der Waals surface area (Å²) in [7, 11) is 3.38. The summed E-state index contributed by atoms with van der Waals surface area (Å²) in [5.41, 5.74) is 3.95. The first-order chi connectivity index (χ1) is 14.9. The number of carbonyl (C=O) groups excluding carboxylic acids is 2. The number of nitrogens with one attached hydrogen (secondary N) is 2. The fraction of sp³-hybridized carbons (Fsp3) is 0.417. The maximum absolute atomic E-state index is 12.7. The number of carbonyl (C=O) groups is 2. The number of likely N-dealkylation sites (N-methyl/N-ethyl adjacent to an activating group) is 1. The highest BCUT2D eigenvalue weighted by Crippen LogP contribution is 2.27. The van der Waals surface area contributed by atoms with Gasteiger partial charge < -0.3 is 24.8 Å². The summed E-state index contributed by atoms with van der Waals surface area (Å²) in [4.78, 5) is 30.2. The van der Waals surface area contributed by atoms with E-state index in [9.17, 15) is 9.59 Å². The predicted octanol–water partition coefficient (Wildman–Crippen LogP) is 1.11. The number of rotatable bonds is 7. The maximum Gasteiger partial charge on any atom is 0.277 e. The molecule has 1 aliphatic rings. The standard InChI is InChI=1S/C24H32N4O3/c1-18-8-7-9-19(2)24(18)25-22(29)16-26(3)23(30)17-27-12-14-28(15-13-27)20-10-5-6-11-21(20)31-4/h5-11H,12-17H2,1-4H3,(H,25,29)/p+1. The Kier molecular flexibility index (Phi) is 7.52. The number of quaternary nitrogens is 1. The van der Waals surface area contributed by atoms with Crippen molar-refractivity contribution in [2.24, 2.45) is 0 Å². The van der Waals surface area contributed by atoms with Crippen LogP contribution in [0.2, 0.25) is 0 Å². The van der Waals surface area contributed by atoms with Crippen molar-refractivity contribution in [3.8, 4) is 5.75 Å². The Bertz CT molecular complexity index is 903. The number of nitrogens with zero attached hydrogens (tertiary/aromatic N) is 2. The van der Waals surface area contributed by atoms with Crippen LogP contribution in [-0.4, -0.2) is 70.1 Å². The van der Waals surface area contributed by atoms with Crippen LogP contribution in [0.25, 0.3) is 0 Å². The molecule has 1 heterocycles. The Morgan fingerprint density at radius 1 is 1.06 bits per heavy atom. The van der Waals surface area contributed by atoms with Gasteiger partial charge in [0.1, 0.15) is 5.75 Å². The van der Waals surface area contributed by atoms with E-state index in [1.807, 2.05) is 50.2 Å². The first-order valence-electron chi connectivity index (χ1n) is 10.7. The highest BCUT2D eigenvalue weighted by atomic mass is 16.5. The Morgan fingerprint density at radius 2 is 1.71 bits per heavy atom. The summed E-state index contributed by atoms with van der Waals surface area (Å²) in [6.45, 7) is 7.83. The predicted molar refractivity (Wildman–Crippen MR) is 123 cm³/mol. The van der Waals surface area contributed by atoms with Gasteiger partial charge in [-0.25, -0.2) is 0 Å². The van der Waals surface area contributed by atoms with Crippen LogP contribution in [0.1, 0.15) is 11.1 Å². The van der Waals surface area contributed by atoms with E-state index in [2.05, 4.69) is 16.3 Å². The molecule has 0 saturated carbocycles. The molecule has 0 atom stereocenters. The van der Waals surface area contributed by atoms with Crippen molar-refractivity contribution in [2.75, 3.05) is 63.6 Å². The zero-order valence-corrected chi connectivity index (χ0v) is 18.9. The van der Waals surface area contributed by atoms with Gasteiger partial charge in [0, 0.05) is 12.7 Å². The second-order valence-corrected chi connectivity index (χ2v) is 8.15. The van der Waals surface area contributed by atoms with Gasteiger partial charge in [-0.15, -0.1) is 0 Å². The molecule has 166 valence electrons. The van der Waals surface area contributed by atoms with Gasteiger partial charge in [-0.1, -0.05) is 30.3 Å². The number of para-hydroxylation sites is 3. The zero-order valence-electron chi connectivity index (χ0n) is 18.9. The number of hydrogen-bond acceptors (Lipinski definition) is 4. The van der Waals surface area contributed by atoms with E-state index < -0.39 is 0 Å². The van der Waals surface area contributed by atoms with E-state index in [-0.39, 0.29) is 18.4 Å². The summed E-state index contributed by atoms with van der Waals surface area (Å²) >= 11 is 0. The van der Waals surface area contributed by atoms with Crippen LogP contribution in [-0.2, 0) is 9.59 Å². The quantitative estimate of drug-likeness (QED) is 0.698. The Hall–Kier alpha value is -3.06. The summed E-state index contributed by atoms with van der Waals surface area (Å²) < 4.78 is 5.47. The Morgan fingerprint density at radius 3 is 2.35 bits per heavy atom. The van der Waals surface area contributed by atoms with Gasteiger partial charge in [0.05, 0.1) is 45.5 Å². The minimum absolute atomic E-state index is 0.0163. The molecular formula is C24H33N4O3+. The van der Waals surface area contributed by atoms with Gasteiger partial charge in [0.2, 0.25) is 5.91 Å². The molecular weight excluding hydrogens is 392 g/mol. The number of methoxy groups -OCH3 is 1. The fourth-order valence-corrected chi connectivity index (χ4v) is 3.97. The van der Waals surface area contributed by atoms with Gasteiger partial charge in [0.25, 0.3) is 5.91 Å². The minimum Gasteiger partial charge on any atom is -0.495 e. The molecule has 0 unspecified atom stereocenters. The number of piperazine rings is 1. The molecule has 0 spiro atoms. The lowest BCUT2D eigenvalue weighted by Gasteiger charge is -2.34. The van der Waals surface area contributed by atoms with E-state index >= 15 is 0 Å². The monoisotopic (exact) mass is 425 g/mol. The Balaban J connectivity index is 1.47. The van der Waals surface area contributed by atoms with Crippen LogP contribution in [0.3, 0.4) is 0 Å². The summed E-state index contributed by atoms with van der Waals surface area (Å²) in [5.74, 6) is 0.679. The van der Waals surface area contributed by atoms with Crippen molar-refractivity contribution in [1.29, 1.82) is 0 Å². The number of anilines is 2. The van der Waals surface area contributed by atoms with Crippen LogP contribution in [0.4, 0.5) is 11.4 Å². The summed E-state index contributed by atoms with van der Waals surface area (Å²) in [6.07, 6.45) is 0. The van der Waals surface area contributed by atoms with Gasteiger partial charge in [-0.05, 0) is 37.1 Å². The van der Waals surface area contributed by atoms with Crippen LogP contribution in [0, 0.1) is 13.8 Å². The molecule has 2 amide bonds. The molecule has 7 nitrogen and oxygen atoms in total. The molecule has 0 radical (unpaired) electrons. The van der Waals surface area contributed by atoms with Crippen molar-refractivity contribution in [2.45, 2.75) is 13.8 Å². The van der Waals surface area contributed by atoms with Gasteiger partial charge >= 0.3 is 0 Å². The van der Waals surface area contributed by atoms with E-state index in [1.54, 1.807) is 14.2 Å². The molecule has 0 aromatic heterocycles. The highest BCUT2D eigenvalue weighted by Gasteiger charge is 2.25. The van der Waals surface area contributed by atoms with Crippen molar-refractivity contribution in [1.82, 2.24) is 4.90 Å². The van der Waals surface area contributed by atoms with Gasteiger partial charge in [0.15, 0.2) is 6.54 Å². The first-order valence-corrected chi connectivity index (χ1v) is 10.7. The summed E-state index contributed by atoms with van der Waals surface area (Å²) in [6, 6.07) is 13.9. The molecule has 2 N–H and O–H groups in total. The fourth-order valence-electron chi connectivity index (χ4n) is 3.97. The van der Waals surface area contributed by atoms with E-state index in [0.717, 1.165) is 54.4 Å². The molecule has 7 heteroatoms. The SMILES string of the molecule is COc1ccccc1N1CC[NH+](CC(=O)N(C)CC(=O)Nc2c(C)cccc2C)CC1. The molecule has 1 aliphatic heterocycles. The second-order valence-electron chi connectivity index (χ2n) is 8.15. The summed E-state index contributed by atoms with van der Waals surface area (Å²) in [5, 5.41) is 2.94. The lowest BCUT2D eigenvalue weighted by Crippen LogP contribution is -3.15. The number of ether oxygens (including phenoxy) is 1. The van der Waals surface area contributed by atoms with Crippen molar-refractivity contribution in [3.05, 3.63) is 53.6 Å². The van der Waals surface area contributed by atoms with E-state index in [4.69, 9.17) is 4.74 Å². The zero-order chi connectivity index (χ0) is 22.4. The minimum atomic E-state index is -0.177. The Labute approximate surface area is 184 Å². The lowest BCUT2D eigenvalue weighted by atomic mass is 10.1. The smallest absolute Gasteiger partial charge is 0.277 e. The topological polar surface area (TPSA) is 66.3 Å². The molecule has 1 saturated heterocycles. The van der Waals surface area contributed by atoms with Crippen molar-refractivity contribution < 1.29 is 19.2 Å². The number of hydrogen-bond donors (Lipinski definition) is 2. The van der Waals surface area contributed by atoms with Crippen molar-refractivity contribution in [3.63, 3.8) is 0 Å². The van der Waals surface area contributed by atoms with Crippen LogP contribution < -0.4 is 19.9 Å². The van der Waals surface area contributed by atoms with Crippen LogP contribution >= 0.6 is 0 Å². The molecule has 1 fully saturated rings. The number of benzene rings is 2. The molecule has 31 heavy (non-hydrogen) atoms.